The highest BCUT2D eigenvalue weighted by Gasteiger charge is 2.39. The monoisotopic (exact) mass is 288 g/mol. The van der Waals surface area contributed by atoms with Crippen molar-refractivity contribution in [2.45, 2.75) is 50.8 Å². The summed E-state index contributed by atoms with van der Waals surface area (Å²) in [6, 6.07) is 8.95. The van der Waals surface area contributed by atoms with Gasteiger partial charge in [-0.15, -0.1) is 0 Å². The molecule has 116 valence electrons. The number of hydrogen-bond donors (Lipinski definition) is 1. The van der Waals surface area contributed by atoms with Gasteiger partial charge in [0.1, 0.15) is 0 Å². The van der Waals surface area contributed by atoms with E-state index in [4.69, 9.17) is 4.74 Å². The molecule has 1 aliphatic carbocycles. The first-order valence-corrected chi connectivity index (χ1v) is 8.35. The fourth-order valence-electron chi connectivity index (χ4n) is 3.96. The summed E-state index contributed by atoms with van der Waals surface area (Å²) in [4.78, 5) is 2.74. The third-order valence-electron chi connectivity index (χ3n) is 5.18. The molecule has 1 spiro atoms. The maximum Gasteiger partial charge on any atom is 0.0713 e. The minimum absolute atomic E-state index is 0.418. The van der Waals surface area contributed by atoms with Crippen LogP contribution in [-0.4, -0.2) is 37.2 Å². The number of rotatable bonds is 4. The Labute approximate surface area is 128 Å². The Balaban J connectivity index is 1.69. The molecule has 1 heterocycles. The molecule has 1 saturated carbocycles. The minimum atomic E-state index is 0.418. The molecule has 3 heteroatoms. The first-order chi connectivity index (χ1) is 10.3. The fraction of sp³-hybridized carbons (Fsp3) is 0.667. The second-order valence-corrected chi connectivity index (χ2v) is 6.63. The first-order valence-electron chi connectivity index (χ1n) is 8.35. The van der Waals surface area contributed by atoms with E-state index in [-0.39, 0.29) is 0 Å². The molecule has 1 aliphatic heterocycles. The van der Waals surface area contributed by atoms with E-state index in [1.807, 2.05) is 0 Å². The van der Waals surface area contributed by atoms with E-state index in [2.05, 4.69) is 34.5 Å². The SMILES string of the molecule is COCc1ccc(CN2CCNCC23CCCCC3)cc1. The predicted octanol–water partition coefficient (Wildman–Crippen LogP) is 2.94. The molecule has 1 aromatic carbocycles. The van der Waals surface area contributed by atoms with Crippen molar-refractivity contribution in [1.29, 1.82) is 0 Å². The Morgan fingerprint density at radius 3 is 2.52 bits per heavy atom. The highest BCUT2D eigenvalue weighted by Crippen LogP contribution is 2.35. The summed E-state index contributed by atoms with van der Waals surface area (Å²) in [5.74, 6) is 0. The van der Waals surface area contributed by atoms with E-state index in [0.717, 1.165) is 13.1 Å². The summed E-state index contributed by atoms with van der Waals surface area (Å²) >= 11 is 0. The Bertz CT molecular complexity index is 429. The van der Waals surface area contributed by atoms with Crippen molar-refractivity contribution in [2.24, 2.45) is 0 Å². The van der Waals surface area contributed by atoms with Crippen LogP contribution in [0.5, 0.6) is 0 Å². The van der Waals surface area contributed by atoms with E-state index in [1.54, 1.807) is 7.11 Å². The lowest BCUT2D eigenvalue weighted by Crippen LogP contribution is -2.61. The lowest BCUT2D eigenvalue weighted by molar-refractivity contribution is 0.0209. The van der Waals surface area contributed by atoms with Crippen LogP contribution in [0, 0.1) is 0 Å². The molecule has 0 unspecified atom stereocenters. The Kier molecular flexibility index (Phi) is 4.94. The van der Waals surface area contributed by atoms with E-state index < -0.39 is 0 Å². The van der Waals surface area contributed by atoms with Crippen molar-refractivity contribution >= 4 is 0 Å². The van der Waals surface area contributed by atoms with Gasteiger partial charge in [-0.1, -0.05) is 43.5 Å². The van der Waals surface area contributed by atoms with Gasteiger partial charge in [-0.05, 0) is 24.0 Å². The third kappa shape index (κ3) is 3.47. The Morgan fingerprint density at radius 2 is 1.81 bits per heavy atom. The van der Waals surface area contributed by atoms with Gasteiger partial charge in [-0.25, -0.2) is 0 Å². The lowest BCUT2D eigenvalue weighted by atomic mass is 9.79. The minimum Gasteiger partial charge on any atom is -0.380 e. The van der Waals surface area contributed by atoms with Crippen LogP contribution in [0.2, 0.25) is 0 Å². The van der Waals surface area contributed by atoms with Gasteiger partial charge >= 0.3 is 0 Å². The van der Waals surface area contributed by atoms with Crippen molar-refractivity contribution in [3.8, 4) is 0 Å². The molecule has 0 amide bonds. The second-order valence-electron chi connectivity index (χ2n) is 6.63. The van der Waals surface area contributed by atoms with Crippen LogP contribution in [0.25, 0.3) is 0 Å². The van der Waals surface area contributed by atoms with Crippen LogP contribution in [0.4, 0.5) is 0 Å². The summed E-state index contributed by atoms with van der Waals surface area (Å²) in [7, 11) is 1.75. The standard InChI is InChI=1S/C18H28N2O/c1-21-14-17-7-5-16(6-8-17)13-20-12-11-19-15-18(20)9-3-2-4-10-18/h5-8,19H,2-4,9-15H2,1H3. The van der Waals surface area contributed by atoms with Gasteiger partial charge in [-0.3, -0.25) is 4.90 Å². The van der Waals surface area contributed by atoms with E-state index >= 15 is 0 Å². The molecule has 1 saturated heterocycles. The summed E-state index contributed by atoms with van der Waals surface area (Å²) in [6.45, 7) is 5.28. The van der Waals surface area contributed by atoms with Crippen LogP contribution < -0.4 is 5.32 Å². The van der Waals surface area contributed by atoms with Crippen LogP contribution in [-0.2, 0) is 17.9 Å². The van der Waals surface area contributed by atoms with Gasteiger partial charge in [-0.2, -0.15) is 0 Å². The molecule has 3 rings (SSSR count). The van der Waals surface area contributed by atoms with Crippen molar-refractivity contribution in [1.82, 2.24) is 10.2 Å². The van der Waals surface area contributed by atoms with Crippen molar-refractivity contribution in [3.63, 3.8) is 0 Å². The van der Waals surface area contributed by atoms with Gasteiger partial charge in [0, 0.05) is 38.8 Å². The zero-order chi connectivity index (χ0) is 14.5. The molecular weight excluding hydrogens is 260 g/mol. The van der Waals surface area contributed by atoms with Gasteiger partial charge < -0.3 is 10.1 Å². The summed E-state index contributed by atoms with van der Waals surface area (Å²) in [5.41, 5.74) is 3.11. The number of piperazine rings is 1. The molecule has 0 radical (unpaired) electrons. The molecule has 2 fully saturated rings. The number of nitrogens with zero attached hydrogens (tertiary/aromatic N) is 1. The lowest BCUT2D eigenvalue weighted by Gasteiger charge is -2.50. The van der Waals surface area contributed by atoms with Gasteiger partial charge in [0.05, 0.1) is 6.61 Å². The Morgan fingerprint density at radius 1 is 1.10 bits per heavy atom. The molecule has 0 bridgehead atoms. The topological polar surface area (TPSA) is 24.5 Å². The molecule has 1 N–H and O–H groups in total. The quantitative estimate of drug-likeness (QED) is 0.922. The largest absolute Gasteiger partial charge is 0.380 e. The maximum absolute atomic E-state index is 5.19. The molecule has 2 aliphatic rings. The smallest absolute Gasteiger partial charge is 0.0713 e. The van der Waals surface area contributed by atoms with Crippen molar-refractivity contribution in [2.75, 3.05) is 26.7 Å². The Hall–Kier alpha value is -0.900. The molecule has 0 aromatic heterocycles. The average Bonchev–Trinajstić information content (AvgIpc) is 2.53. The van der Waals surface area contributed by atoms with Gasteiger partial charge in [0.25, 0.3) is 0 Å². The van der Waals surface area contributed by atoms with Crippen molar-refractivity contribution < 1.29 is 4.74 Å². The molecule has 3 nitrogen and oxygen atoms in total. The number of benzene rings is 1. The molecular formula is C18H28N2O. The maximum atomic E-state index is 5.19. The summed E-state index contributed by atoms with van der Waals surface area (Å²) < 4.78 is 5.19. The van der Waals surface area contributed by atoms with Crippen LogP contribution in [0.3, 0.4) is 0 Å². The van der Waals surface area contributed by atoms with Gasteiger partial charge in [0.2, 0.25) is 0 Å². The van der Waals surface area contributed by atoms with E-state index in [0.29, 0.717) is 12.1 Å². The number of ether oxygens (including phenoxy) is 1. The zero-order valence-electron chi connectivity index (χ0n) is 13.2. The molecule has 0 atom stereocenters. The molecule has 1 aromatic rings. The van der Waals surface area contributed by atoms with Crippen molar-refractivity contribution in [3.05, 3.63) is 35.4 Å². The normalized spacial score (nSPS) is 22.5. The number of methoxy groups -OCH3 is 1. The zero-order valence-corrected chi connectivity index (χ0v) is 13.2. The highest BCUT2D eigenvalue weighted by atomic mass is 16.5. The van der Waals surface area contributed by atoms with E-state index in [1.165, 1.54) is 56.3 Å². The van der Waals surface area contributed by atoms with Crippen LogP contribution in [0.1, 0.15) is 43.2 Å². The van der Waals surface area contributed by atoms with Crippen LogP contribution >= 0.6 is 0 Å². The summed E-state index contributed by atoms with van der Waals surface area (Å²) in [6.07, 6.45) is 6.93. The number of hydrogen-bond acceptors (Lipinski definition) is 3. The second kappa shape index (κ2) is 6.91. The summed E-state index contributed by atoms with van der Waals surface area (Å²) in [5, 5.41) is 3.63. The van der Waals surface area contributed by atoms with Gasteiger partial charge in [0.15, 0.2) is 0 Å². The fourth-order valence-corrected chi connectivity index (χ4v) is 3.96. The third-order valence-corrected chi connectivity index (χ3v) is 5.18. The predicted molar refractivity (Wildman–Crippen MR) is 86.3 cm³/mol. The number of nitrogens with one attached hydrogen (secondary N) is 1. The average molecular weight is 288 g/mol. The van der Waals surface area contributed by atoms with E-state index in [9.17, 15) is 0 Å². The molecule has 21 heavy (non-hydrogen) atoms. The van der Waals surface area contributed by atoms with Crippen LogP contribution in [0.15, 0.2) is 24.3 Å². The highest BCUT2D eigenvalue weighted by molar-refractivity contribution is 5.22. The first kappa shape index (κ1) is 15.0.